The second-order valence-corrected chi connectivity index (χ2v) is 4.56. The third-order valence-corrected chi connectivity index (χ3v) is 3.51. The topological polar surface area (TPSA) is 23.5 Å². The molecule has 2 rings (SSSR count). The van der Waals surface area contributed by atoms with Gasteiger partial charge in [-0.1, -0.05) is 23.2 Å². The molecular formula is C11H13Cl2NO. The third kappa shape index (κ3) is 2.16. The van der Waals surface area contributed by atoms with Crippen molar-refractivity contribution >= 4 is 28.9 Å². The third-order valence-electron chi connectivity index (χ3n) is 2.72. The maximum absolute atomic E-state index is 9.78. The summed E-state index contributed by atoms with van der Waals surface area (Å²) in [6, 6.07) is 3.21. The van der Waals surface area contributed by atoms with E-state index < -0.39 is 0 Å². The van der Waals surface area contributed by atoms with Crippen LogP contribution in [0.25, 0.3) is 0 Å². The Morgan fingerprint density at radius 1 is 1.07 bits per heavy atom. The van der Waals surface area contributed by atoms with Crippen molar-refractivity contribution in [2.45, 2.75) is 19.3 Å². The van der Waals surface area contributed by atoms with Crippen LogP contribution < -0.4 is 4.90 Å². The van der Waals surface area contributed by atoms with Crippen LogP contribution in [0, 0.1) is 0 Å². The van der Waals surface area contributed by atoms with E-state index in [0.717, 1.165) is 25.9 Å². The highest BCUT2D eigenvalue weighted by Crippen LogP contribution is 2.40. The van der Waals surface area contributed by atoms with Crippen LogP contribution in [0.4, 0.5) is 5.69 Å². The number of phenols is 1. The second kappa shape index (κ2) is 4.50. The Kier molecular flexibility index (Phi) is 3.27. The zero-order valence-electron chi connectivity index (χ0n) is 8.34. The molecule has 0 radical (unpaired) electrons. The predicted octanol–water partition coefficient (Wildman–Crippen LogP) is 3.69. The van der Waals surface area contributed by atoms with Gasteiger partial charge in [0, 0.05) is 13.1 Å². The van der Waals surface area contributed by atoms with Gasteiger partial charge < -0.3 is 10.0 Å². The van der Waals surface area contributed by atoms with Gasteiger partial charge in [-0.25, -0.2) is 0 Å². The lowest BCUT2D eigenvalue weighted by Gasteiger charge is -2.30. The molecule has 1 aliphatic heterocycles. The first-order valence-electron chi connectivity index (χ1n) is 5.12. The second-order valence-electron chi connectivity index (χ2n) is 3.78. The fraction of sp³-hybridized carbons (Fsp3) is 0.455. The van der Waals surface area contributed by atoms with Crippen molar-refractivity contribution < 1.29 is 5.11 Å². The average molecular weight is 246 g/mol. The Hall–Kier alpha value is -0.600. The molecule has 1 aliphatic rings. The van der Waals surface area contributed by atoms with Gasteiger partial charge in [0.1, 0.15) is 5.75 Å². The molecule has 2 nitrogen and oxygen atoms in total. The van der Waals surface area contributed by atoms with Crippen LogP contribution in [0.3, 0.4) is 0 Å². The van der Waals surface area contributed by atoms with Gasteiger partial charge in [-0.3, -0.25) is 0 Å². The molecule has 0 saturated carbocycles. The summed E-state index contributed by atoms with van der Waals surface area (Å²) in [4.78, 5) is 2.10. The van der Waals surface area contributed by atoms with Crippen molar-refractivity contribution in [3.05, 3.63) is 22.2 Å². The number of hydrogen-bond acceptors (Lipinski definition) is 2. The molecule has 15 heavy (non-hydrogen) atoms. The summed E-state index contributed by atoms with van der Waals surface area (Å²) in [5, 5.41) is 10.7. The zero-order valence-corrected chi connectivity index (χ0v) is 9.85. The van der Waals surface area contributed by atoms with Crippen molar-refractivity contribution in [3.63, 3.8) is 0 Å². The van der Waals surface area contributed by atoms with Gasteiger partial charge in [-0.2, -0.15) is 0 Å². The van der Waals surface area contributed by atoms with E-state index in [1.807, 2.05) is 0 Å². The van der Waals surface area contributed by atoms with Crippen LogP contribution in [0.2, 0.25) is 10.0 Å². The largest absolute Gasteiger partial charge is 0.506 e. The van der Waals surface area contributed by atoms with E-state index >= 15 is 0 Å². The Balaban J connectivity index is 2.36. The van der Waals surface area contributed by atoms with Crippen molar-refractivity contribution in [2.75, 3.05) is 18.0 Å². The molecule has 1 aromatic carbocycles. The highest BCUT2D eigenvalue weighted by molar-refractivity contribution is 6.44. The maximum Gasteiger partial charge on any atom is 0.140 e. The van der Waals surface area contributed by atoms with Crippen LogP contribution in [0.1, 0.15) is 19.3 Å². The number of nitrogens with zero attached hydrogens (tertiary/aromatic N) is 1. The number of benzene rings is 1. The van der Waals surface area contributed by atoms with E-state index in [4.69, 9.17) is 23.2 Å². The van der Waals surface area contributed by atoms with Crippen LogP contribution in [-0.4, -0.2) is 18.2 Å². The van der Waals surface area contributed by atoms with Gasteiger partial charge in [0.25, 0.3) is 0 Å². The number of phenolic OH excluding ortho intramolecular Hbond substituents is 1. The molecule has 0 bridgehead atoms. The SMILES string of the molecule is Oc1ccc(Cl)c(Cl)c1N1CCCCC1. The Morgan fingerprint density at radius 3 is 2.40 bits per heavy atom. The number of hydrogen-bond donors (Lipinski definition) is 1. The van der Waals surface area contributed by atoms with Crippen LogP contribution in [-0.2, 0) is 0 Å². The van der Waals surface area contributed by atoms with E-state index in [9.17, 15) is 5.11 Å². The number of aromatic hydroxyl groups is 1. The minimum atomic E-state index is 0.214. The minimum Gasteiger partial charge on any atom is -0.506 e. The normalized spacial score (nSPS) is 16.8. The van der Waals surface area contributed by atoms with Crippen molar-refractivity contribution in [1.82, 2.24) is 0 Å². The number of halogens is 2. The summed E-state index contributed by atoms with van der Waals surface area (Å²) in [6.45, 7) is 1.88. The molecule has 1 heterocycles. The fourth-order valence-electron chi connectivity index (χ4n) is 1.95. The summed E-state index contributed by atoms with van der Waals surface area (Å²) in [7, 11) is 0. The molecule has 4 heteroatoms. The van der Waals surface area contributed by atoms with E-state index in [1.54, 1.807) is 12.1 Å². The van der Waals surface area contributed by atoms with Crippen molar-refractivity contribution in [2.24, 2.45) is 0 Å². The number of anilines is 1. The monoisotopic (exact) mass is 245 g/mol. The molecule has 82 valence electrons. The standard InChI is InChI=1S/C11H13Cl2NO/c12-8-4-5-9(15)11(10(8)13)14-6-2-1-3-7-14/h4-5,15H,1-3,6-7H2. The summed E-state index contributed by atoms with van der Waals surface area (Å²) in [5.41, 5.74) is 0.684. The molecular weight excluding hydrogens is 233 g/mol. The van der Waals surface area contributed by atoms with Crippen LogP contribution in [0.5, 0.6) is 5.75 Å². The van der Waals surface area contributed by atoms with Crippen LogP contribution in [0.15, 0.2) is 12.1 Å². The van der Waals surface area contributed by atoms with Gasteiger partial charge >= 0.3 is 0 Å². The Labute approximate surface area is 99.4 Å². The molecule has 1 saturated heterocycles. The Morgan fingerprint density at radius 2 is 1.73 bits per heavy atom. The Bertz CT molecular complexity index is 362. The molecule has 0 amide bonds. The summed E-state index contributed by atoms with van der Waals surface area (Å²) in [6.07, 6.45) is 3.53. The highest BCUT2D eigenvalue weighted by atomic mass is 35.5. The van der Waals surface area contributed by atoms with Crippen LogP contribution >= 0.6 is 23.2 Å². The first kappa shape index (κ1) is 10.9. The molecule has 0 aromatic heterocycles. The lowest BCUT2D eigenvalue weighted by molar-refractivity contribution is 0.469. The van der Waals surface area contributed by atoms with Gasteiger partial charge in [-0.05, 0) is 31.4 Å². The molecule has 0 unspecified atom stereocenters. The van der Waals surface area contributed by atoms with Gasteiger partial charge in [0.15, 0.2) is 0 Å². The van der Waals surface area contributed by atoms with Gasteiger partial charge in [-0.15, -0.1) is 0 Å². The summed E-state index contributed by atoms with van der Waals surface area (Å²) < 4.78 is 0. The molecule has 0 aliphatic carbocycles. The van der Waals surface area contributed by atoms with E-state index in [0.29, 0.717) is 15.7 Å². The molecule has 1 aromatic rings. The predicted molar refractivity (Wildman–Crippen MR) is 64.2 cm³/mol. The molecule has 1 N–H and O–H groups in total. The summed E-state index contributed by atoms with van der Waals surface area (Å²) in [5.74, 6) is 0.214. The fourth-order valence-corrected chi connectivity index (χ4v) is 2.38. The molecule has 0 atom stereocenters. The highest BCUT2D eigenvalue weighted by Gasteiger charge is 2.19. The average Bonchev–Trinajstić information content (AvgIpc) is 2.26. The molecule has 1 fully saturated rings. The first-order chi connectivity index (χ1) is 7.20. The van der Waals surface area contributed by atoms with Crippen molar-refractivity contribution in [3.8, 4) is 5.75 Å². The summed E-state index contributed by atoms with van der Waals surface area (Å²) >= 11 is 12.0. The van der Waals surface area contributed by atoms with E-state index in [-0.39, 0.29) is 5.75 Å². The zero-order chi connectivity index (χ0) is 10.8. The molecule has 0 spiro atoms. The maximum atomic E-state index is 9.78. The quantitative estimate of drug-likeness (QED) is 0.816. The number of rotatable bonds is 1. The van der Waals surface area contributed by atoms with E-state index in [1.165, 1.54) is 6.42 Å². The van der Waals surface area contributed by atoms with Gasteiger partial charge in [0.2, 0.25) is 0 Å². The van der Waals surface area contributed by atoms with Gasteiger partial charge in [0.05, 0.1) is 15.7 Å². The van der Waals surface area contributed by atoms with E-state index in [2.05, 4.69) is 4.90 Å². The van der Waals surface area contributed by atoms with Crippen molar-refractivity contribution in [1.29, 1.82) is 0 Å². The minimum absolute atomic E-state index is 0.214. The lowest BCUT2D eigenvalue weighted by atomic mass is 10.1. The lowest BCUT2D eigenvalue weighted by Crippen LogP contribution is -2.29. The first-order valence-corrected chi connectivity index (χ1v) is 5.87. The number of piperidine rings is 1. The smallest absolute Gasteiger partial charge is 0.140 e.